The summed E-state index contributed by atoms with van der Waals surface area (Å²) in [6.45, 7) is 2.91. The van der Waals surface area contributed by atoms with Crippen molar-refractivity contribution in [2.75, 3.05) is 13.7 Å². The van der Waals surface area contributed by atoms with Crippen LogP contribution >= 0.6 is 12.2 Å². The molecule has 1 N–H and O–H groups in total. The van der Waals surface area contributed by atoms with Crippen LogP contribution in [0.25, 0.3) is 11.0 Å². The highest BCUT2D eigenvalue weighted by molar-refractivity contribution is 7.71. The Hall–Kier alpha value is -1.82. The molecule has 0 unspecified atom stereocenters. The number of ether oxygens (including phenoxy) is 2. The number of fused-ring (bicyclic) bond motifs is 1. The zero-order chi connectivity index (χ0) is 14.5. The molecule has 0 atom stereocenters. The smallest absolute Gasteiger partial charge is 0.305 e. The number of aromatic amines is 1. The van der Waals surface area contributed by atoms with Crippen molar-refractivity contribution >= 4 is 29.2 Å². The first-order valence-corrected chi connectivity index (χ1v) is 6.98. The lowest BCUT2D eigenvalue weighted by Crippen LogP contribution is -2.06. The van der Waals surface area contributed by atoms with Gasteiger partial charge in [0.1, 0.15) is 5.75 Å². The third-order valence-corrected chi connectivity index (χ3v) is 3.37. The van der Waals surface area contributed by atoms with Crippen LogP contribution in [-0.4, -0.2) is 29.2 Å². The van der Waals surface area contributed by atoms with Crippen LogP contribution in [0.1, 0.15) is 19.8 Å². The van der Waals surface area contributed by atoms with Gasteiger partial charge in [-0.1, -0.05) is 0 Å². The van der Waals surface area contributed by atoms with E-state index in [1.165, 1.54) is 0 Å². The summed E-state index contributed by atoms with van der Waals surface area (Å²) >= 11 is 5.31. The number of carbonyl (C=O) groups excluding carboxylic acids is 1. The second kappa shape index (κ2) is 6.56. The Balaban J connectivity index is 2.12. The summed E-state index contributed by atoms with van der Waals surface area (Å²) in [6, 6.07) is 5.77. The molecule has 0 aliphatic rings. The lowest BCUT2D eigenvalue weighted by atomic mass is 10.2. The number of carbonyl (C=O) groups is 1. The van der Waals surface area contributed by atoms with Gasteiger partial charge in [0.2, 0.25) is 0 Å². The van der Waals surface area contributed by atoms with E-state index in [0.29, 0.717) is 30.8 Å². The molecule has 0 bridgehead atoms. The summed E-state index contributed by atoms with van der Waals surface area (Å²) < 4.78 is 12.7. The monoisotopic (exact) mass is 294 g/mol. The summed E-state index contributed by atoms with van der Waals surface area (Å²) in [5.74, 6) is 0.618. The zero-order valence-corrected chi connectivity index (χ0v) is 12.5. The Morgan fingerprint density at radius 1 is 1.45 bits per heavy atom. The fourth-order valence-electron chi connectivity index (χ4n) is 2.11. The number of imidazole rings is 1. The standard InChI is InChI=1S/C14H18N2O3S/c1-3-19-13(17)5-4-8-16-12-7-6-10(18-2)9-11(12)15-14(16)20/h6-7,9H,3-5,8H2,1-2H3,(H,15,20). The van der Waals surface area contributed by atoms with E-state index in [4.69, 9.17) is 21.7 Å². The lowest BCUT2D eigenvalue weighted by Gasteiger charge is -2.05. The lowest BCUT2D eigenvalue weighted by molar-refractivity contribution is -0.143. The molecule has 0 fully saturated rings. The fourth-order valence-corrected chi connectivity index (χ4v) is 2.41. The average molecular weight is 294 g/mol. The predicted octanol–water partition coefficient (Wildman–Crippen LogP) is 3.05. The van der Waals surface area contributed by atoms with Gasteiger partial charge in [-0.3, -0.25) is 4.79 Å². The first-order chi connectivity index (χ1) is 9.65. The summed E-state index contributed by atoms with van der Waals surface area (Å²) in [5.41, 5.74) is 1.95. The predicted molar refractivity (Wildman–Crippen MR) is 79.5 cm³/mol. The third kappa shape index (κ3) is 3.19. The van der Waals surface area contributed by atoms with Gasteiger partial charge in [0.25, 0.3) is 0 Å². The Morgan fingerprint density at radius 2 is 2.25 bits per heavy atom. The number of rotatable bonds is 6. The van der Waals surface area contributed by atoms with Crippen molar-refractivity contribution < 1.29 is 14.3 Å². The second-order valence-corrected chi connectivity index (χ2v) is 4.76. The largest absolute Gasteiger partial charge is 0.497 e. The molecule has 5 nitrogen and oxygen atoms in total. The summed E-state index contributed by atoms with van der Waals surface area (Å²) in [6.07, 6.45) is 1.10. The molecule has 1 heterocycles. The minimum atomic E-state index is -0.166. The zero-order valence-electron chi connectivity index (χ0n) is 11.6. The SMILES string of the molecule is CCOC(=O)CCCn1c(=S)[nH]c2cc(OC)ccc21. The summed E-state index contributed by atoms with van der Waals surface area (Å²) in [7, 11) is 1.63. The van der Waals surface area contributed by atoms with Crippen LogP contribution in [0.2, 0.25) is 0 Å². The Kier molecular flexibility index (Phi) is 4.79. The molecule has 0 aliphatic carbocycles. The maximum atomic E-state index is 11.3. The van der Waals surface area contributed by atoms with E-state index < -0.39 is 0 Å². The highest BCUT2D eigenvalue weighted by atomic mass is 32.1. The molecule has 108 valence electrons. The van der Waals surface area contributed by atoms with E-state index in [0.717, 1.165) is 16.8 Å². The van der Waals surface area contributed by atoms with Crippen LogP contribution in [0, 0.1) is 4.77 Å². The highest BCUT2D eigenvalue weighted by Crippen LogP contribution is 2.20. The molecule has 6 heteroatoms. The fraction of sp³-hybridized carbons (Fsp3) is 0.429. The topological polar surface area (TPSA) is 56.2 Å². The molecule has 1 aromatic carbocycles. The average Bonchev–Trinajstić information content (AvgIpc) is 2.74. The Labute approximate surface area is 122 Å². The number of aromatic nitrogens is 2. The number of hydrogen-bond acceptors (Lipinski definition) is 4. The first-order valence-electron chi connectivity index (χ1n) is 6.58. The van der Waals surface area contributed by atoms with Crippen molar-refractivity contribution in [3.63, 3.8) is 0 Å². The molecule has 0 radical (unpaired) electrons. The van der Waals surface area contributed by atoms with Gasteiger partial charge in [-0.2, -0.15) is 0 Å². The molecule has 0 saturated heterocycles. The van der Waals surface area contributed by atoms with Crippen molar-refractivity contribution in [2.45, 2.75) is 26.3 Å². The molecule has 0 amide bonds. The number of nitrogens with one attached hydrogen (secondary N) is 1. The molecule has 0 spiro atoms. The second-order valence-electron chi connectivity index (χ2n) is 4.37. The van der Waals surface area contributed by atoms with E-state index in [-0.39, 0.29) is 5.97 Å². The van der Waals surface area contributed by atoms with Gasteiger partial charge in [-0.15, -0.1) is 0 Å². The van der Waals surface area contributed by atoms with Crippen molar-refractivity contribution in [2.24, 2.45) is 0 Å². The Morgan fingerprint density at radius 3 is 2.95 bits per heavy atom. The quantitative estimate of drug-likeness (QED) is 0.657. The maximum Gasteiger partial charge on any atom is 0.305 e. The minimum Gasteiger partial charge on any atom is -0.497 e. The summed E-state index contributed by atoms with van der Waals surface area (Å²) in [5, 5.41) is 0. The first kappa shape index (κ1) is 14.6. The van der Waals surface area contributed by atoms with Gasteiger partial charge >= 0.3 is 5.97 Å². The summed E-state index contributed by atoms with van der Waals surface area (Å²) in [4.78, 5) is 14.5. The molecule has 2 rings (SSSR count). The van der Waals surface area contributed by atoms with Gasteiger partial charge < -0.3 is 19.0 Å². The van der Waals surface area contributed by atoms with Gasteiger partial charge in [0.05, 0.1) is 24.8 Å². The van der Waals surface area contributed by atoms with Crippen molar-refractivity contribution in [3.05, 3.63) is 23.0 Å². The molecular weight excluding hydrogens is 276 g/mol. The van der Waals surface area contributed by atoms with E-state index in [2.05, 4.69) is 4.98 Å². The van der Waals surface area contributed by atoms with Crippen LogP contribution < -0.4 is 4.74 Å². The molecule has 20 heavy (non-hydrogen) atoms. The number of H-pyrrole nitrogens is 1. The number of hydrogen-bond donors (Lipinski definition) is 1. The molecular formula is C14H18N2O3S. The van der Waals surface area contributed by atoms with Crippen LogP contribution in [0.15, 0.2) is 18.2 Å². The van der Waals surface area contributed by atoms with Crippen LogP contribution in [0.3, 0.4) is 0 Å². The molecule has 2 aromatic rings. The maximum absolute atomic E-state index is 11.3. The Bertz CT molecular complexity index is 660. The van der Waals surface area contributed by atoms with Crippen LogP contribution in [0.5, 0.6) is 5.75 Å². The number of nitrogens with zero attached hydrogens (tertiary/aromatic N) is 1. The van der Waals surface area contributed by atoms with Crippen molar-refractivity contribution in [1.82, 2.24) is 9.55 Å². The number of esters is 1. The van der Waals surface area contributed by atoms with E-state index in [1.54, 1.807) is 14.0 Å². The van der Waals surface area contributed by atoms with E-state index in [9.17, 15) is 4.79 Å². The third-order valence-electron chi connectivity index (χ3n) is 3.05. The molecule has 1 aromatic heterocycles. The van der Waals surface area contributed by atoms with Crippen molar-refractivity contribution in [3.8, 4) is 5.75 Å². The van der Waals surface area contributed by atoms with E-state index >= 15 is 0 Å². The number of methoxy groups -OCH3 is 1. The molecule has 0 saturated carbocycles. The molecule has 0 aliphatic heterocycles. The van der Waals surface area contributed by atoms with Gasteiger partial charge in [-0.05, 0) is 37.7 Å². The van der Waals surface area contributed by atoms with Gasteiger partial charge in [0, 0.05) is 19.0 Å². The van der Waals surface area contributed by atoms with E-state index in [1.807, 2.05) is 22.8 Å². The van der Waals surface area contributed by atoms with Crippen LogP contribution in [0.4, 0.5) is 0 Å². The number of aryl methyl sites for hydroxylation is 1. The number of benzene rings is 1. The normalized spacial score (nSPS) is 10.7. The highest BCUT2D eigenvalue weighted by Gasteiger charge is 2.07. The minimum absolute atomic E-state index is 0.166. The van der Waals surface area contributed by atoms with Gasteiger partial charge in [0.15, 0.2) is 4.77 Å². The van der Waals surface area contributed by atoms with Crippen LogP contribution in [-0.2, 0) is 16.1 Å². The van der Waals surface area contributed by atoms with Crippen molar-refractivity contribution in [1.29, 1.82) is 0 Å². The van der Waals surface area contributed by atoms with Gasteiger partial charge in [-0.25, -0.2) is 0 Å².